The number of hydrogen-bond donors (Lipinski definition) is 3. The van der Waals surface area contributed by atoms with Gasteiger partial charge in [-0.1, -0.05) is 18.2 Å². The van der Waals surface area contributed by atoms with Crippen LogP contribution in [0.25, 0.3) is 0 Å². The molecule has 3 aromatic carbocycles. The molecule has 0 heterocycles. The zero-order valence-electron chi connectivity index (χ0n) is 16.3. The quantitative estimate of drug-likeness (QED) is 0.435. The Morgan fingerprint density at radius 1 is 0.871 bits per heavy atom. The van der Waals surface area contributed by atoms with Gasteiger partial charge in [0.2, 0.25) is 0 Å². The molecule has 0 aliphatic rings. The molecule has 0 aliphatic heterocycles. The highest BCUT2D eigenvalue weighted by atomic mass is 32.1. The number of carbonyl (C=O) groups excluding carboxylic acids is 1. The zero-order valence-corrected chi connectivity index (χ0v) is 17.1. The van der Waals surface area contributed by atoms with Gasteiger partial charge >= 0.3 is 6.18 Å². The molecule has 3 rings (SSSR count). The molecule has 0 bridgehead atoms. The topological polar surface area (TPSA) is 62.4 Å². The van der Waals surface area contributed by atoms with E-state index in [1.807, 2.05) is 18.2 Å². The van der Waals surface area contributed by atoms with Gasteiger partial charge in [-0.05, 0) is 66.8 Å². The van der Waals surface area contributed by atoms with Crippen molar-refractivity contribution in [1.82, 2.24) is 0 Å². The number of ether oxygens (including phenoxy) is 1. The van der Waals surface area contributed by atoms with Crippen LogP contribution >= 0.6 is 12.2 Å². The minimum atomic E-state index is -4.41. The summed E-state index contributed by atoms with van der Waals surface area (Å²) in [5.74, 6) is 0.117. The van der Waals surface area contributed by atoms with Crippen LogP contribution in [0.15, 0.2) is 72.8 Å². The molecule has 3 N–H and O–H groups in total. The average Bonchev–Trinajstić information content (AvgIpc) is 2.74. The van der Waals surface area contributed by atoms with Crippen LogP contribution in [-0.4, -0.2) is 18.1 Å². The number of rotatable bonds is 5. The van der Waals surface area contributed by atoms with Crippen molar-refractivity contribution in [2.24, 2.45) is 0 Å². The van der Waals surface area contributed by atoms with E-state index in [1.54, 1.807) is 30.3 Å². The monoisotopic (exact) mass is 445 g/mol. The standard InChI is InChI=1S/C22H18F3N3O2S/c1-30-19-12-7-14(20(29)26-16-5-3-2-4-6-16)13-18(19)28-21(31)27-17-10-8-15(9-11-17)22(23,24)25/h2-13H,1H3,(H,26,29)(H2,27,28,31). The fourth-order valence-electron chi connectivity index (χ4n) is 2.70. The molecule has 0 atom stereocenters. The predicted molar refractivity (Wildman–Crippen MR) is 119 cm³/mol. The molecule has 160 valence electrons. The van der Waals surface area contributed by atoms with E-state index < -0.39 is 11.7 Å². The number of hydrogen-bond acceptors (Lipinski definition) is 3. The van der Waals surface area contributed by atoms with Gasteiger partial charge in [0, 0.05) is 16.9 Å². The molecular formula is C22H18F3N3O2S. The molecule has 0 radical (unpaired) electrons. The number of alkyl halides is 3. The van der Waals surface area contributed by atoms with E-state index in [9.17, 15) is 18.0 Å². The summed E-state index contributed by atoms with van der Waals surface area (Å²) in [4.78, 5) is 12.5. The molecule has 0 fully saturated rings. The third kappa shape index (κ3) is 5.95. The summed E-state index contributed by atoms with van der Waals surface area (Å²) in [5.41, 5.74) is 1.06. The number of methoxy groups -OCH3 is 1. The highest BCUT2D eigenvalue weighted by Crippen LogP contribution is 2.30. The first-order valence-electron chi connectivity index (χ1n) is 9.06. The Hall–Kier alpha value is -3.59. The van der Waals surface area contributed by atoms with Crippen molar-refractivity contribution in [3.63, 3.8) is 0 Å². The highest BCUT2D eigenvalue weighted by Gasteiger charge is 2.29. The van der Waals surface area contributed by atoms with Crippen LogP contribution in [0.4, 0.5) is 30.2 Å². The van der Waals surface area contributed by atoms with E-state index in [-0.39, 0.29) is 11.0 Å². The van der Waals surface area contributed by atoms with Crippen LogP contribution in [0.1, 0.15) is 15.9 Å². The molecule has 0 saturated heterocycles. The number of halogens is 3. The van der Waals surface area contributed by atoms with Gasteiger partial charge in [-0.3, -0.25) is 4.79 Å². The minimum absolute atomic E-state index is 0.124. The molecule has 1 amide bonds. The molecule has 0 unspecified atom stereocenters. The minimum Gasteiger partial charge on any atom is -0.495 e. The Bertz CT molecular complexity index is 1070. The summed E-state index contributed by atoms with van der Waals surface area (Å²) in [6, 6.07) is 18.2. The van der Waals surface area contributed by atoms with E-state index >= 15 is 0 Å². The number of amides is 1. The Kier molecular flexibility index (Phi) is 6.76. The van der Waals surface area contributed by atoms with Crippen molar-refractivity contribution in [3.05, 3.63) is 83.9 Å². The molecule has 3 aromatic rings. The first kappa shape index (κ1) is 22.1. The Labute approximate surface area is 182 Å². The van der Waals surface area contributed by atoms with Crippen molar-refractivity contribution in [2.45, 2.75) is 6.18 Å². The van der Waals surface area contributed by atoms with Crippen molar-refractivity contribution >= 4 is 40.3 Å². The van der Waals surface area contributed by atoms with E-state index in [0.29, 0.717) is 28.4 Å². The predicted octanol–water partition coefficient (Wildman–Crippen LogP) is 5.78. The molecule has 5 nitrogen and oxygen atoms in total. The van der Waals surface area contributed by atoms with Crippen molar-refractivity contribution < 1.29 is 22.7 Å². The lowest BCUT2D eigenvalue weighted by molar-refractivity contribution is -0.137. The molecular weight excluding hydrogens is 427 g/mol. The lowest BCUT2D eigenvalue weighted by atomic mass is 10.1. The summed E-state index contributed by atoms with van der Waals surface area (Å²) in [6.07, 6.45) is -4.41. The van der Waals surface area contributed by atoms with E-state index in [1.165, 1.54) is 19.2 Å². The van der Waals surface area contributed by atoms with Crippen molar-refractivity contribution in [1.29, 1.82) is 0 Å². The Morgan fingerprint density at radius 3 is 2.13 bits per heavy atom. The maximum Gasteiger partial charge on any atom is 0.416 e. The van der Waals surface area contributed by atoms with Gasteiger partial charge in [0.05, 0.1) is 18.4 Å². The van der Waals surface area contributed by atoms with Crippen LogP contribution in [0.5, 0.6) is 5.75 Å². The third-order valence-electron chi connectivity index (χ3n) is 4.21. The second-order valence-corrected chi connectivity index (χ2v) is 6.80. The molecule has 9 heteroatoms. The lowest BCUT2D eigenvalue weighted by Crippen LogP contribution is -2.20. The van der Waals surface area contributed by atoms with Crippen LogP contribution in [0.3, 0.4) is 0 Å². The van der Waals surface area contributed by atoms with Gasteiger partial charge in [0.25, 0.3) is 5.91 Å². The lowest BCUT2D eigenvalue weighted by Gasteiger charge is -2.15. The van der Waals surface area contributed by atoms with Crippen molar-refractivity contribution in [3.8, 4) is 5.75 Å². The summed E-state index contributed by atoms with van der Waals surface area (Å²) >= 11 is 5.25. The SMILES string of the molecule is COc1ccc(C(=O)Nc2ccccc2)cc1NC(=S)Nc1ccc(C(F)(F)F)cc1. The number of benzene rings is 3. The number of para-hydroxylation sites is 1. The fourth-order valence-corrected chi connectivity index (χ4v) is 2.93. The number of nitrogens with one attached hydrogen (secondary N) is 3. The van der Waals surface area contributed by atoms with Crippen LogP contribution in [0, 0.1) is 0 Å². The summed E-state index contributed by atoms with van der Waals surface area (Å²) < 4.78 is 43.4. The average molecular weight is 445 g/mol. The molecule has 0 spiro atoms. The van der Waals surface area contributed by atoms with E-state index in [2.05, 4.69) is 16.0 Å². The summed E-state index contributed by atoms with van der Waals surface area (Å²) in [6.45, 7) is 0. The van der Waals surface area contributed by atoms with Crippen LogP contribution in [-0.2, 0) is 6.18 Å². The number of thiocarbonyl (C=S) groups is 1. The highest BCUT2D eigenvalue weighted by molar-refractivity contribution is 7.80. The molecule has 0 aliphatic carbocycles. The number of anilines is 3. The van der Waals surface area contributed by atoms with Gasteiger partial charge in [-0.15, -0.1) is 0 Å². The van der Waals surface area contributed by atoms with Gasteiger partial charge < -0.3 is 20.7 Å². The van der Waals surface area contributed by atoms with E-state index in [0.717, 1.165) is 12.1 Å². The van der Waals surface area contributed by atoms with Gasteiger partial charge in [-0.2, -0.15) is 13.2 Å². The first-order valence-corrected chi connectivity index (χ1v) is 9.47. The second-order valence-electron chi connectivity index (χ2n) is 6.39. The summed E-state index contributed by atoms with van der Waals surface area (Å²) in [5, 5.41) is 8.62. The summed E-state index contributed by atoms with van der Waals surface area (Å²) in [7, 11) is 1.47. The van der Waals surface area contributed by atoms with Gasteiger partial charge in [0.15, 0.2) is 5.11 Å². The fraction of sp³-hybridized carbons (Fsp3) is 0.0909. The molecule has 0 aromatic heterocycles. The van der Waals surface area contributed by atoms with E-state index in [4.69, 9.17) is 17.0 Å². The Balaban J connectivity index is 1.71. The molecule has 31 heavy (non-hydrogen) atoms. The number of carbonyl (C=O) groups is 1. The van der Waals surface area contributed by atoms with Gasteiger partial charge in [0.1, 0.15) is 5.75 Å². The zero-order chi connectivity index (χ0) is 22.4. The molecule has 0 saturated carbocycles. The second kappa shape index (κ2) is 9.48. The van der Waals surface area contributed by atoms with Crippen molar-refractivity contribution in [2.75, 3.05) is 23.1 Å². The normalized spacial score (nSPS) is 10.8. The van der Waals surface area contributed by atoms with Gasteiger partial charge in [-0.25, -0.2) is 0 Å². The third-order valence-corrected chi connectivity index (χ3v) is 4.42. The Morgan fingerprint density at radius 2 is 1.52 bits per heavy atom. The van der Waals surface area contributed by atoms with Crippen LogP contribution in [0.2, 0.25) is 0 Å². The smallest absolute Gasteiger partial charge is 0.416 e. The largest absolute Gasteiger partial charge is 0.495 e. The maximum absolute atomic E-state index is 12.7. The first-order chi connectivity index (χ1) is 14.8. The van der Waals surface area contributed by atoms with Crippen LogP contribution < -0.4 is 20.7 Å². The maximum atomic E-state index is 12.7.